The maximum Gasteiger partial charge on any atom is 0.247 e. The number of carbonyl (C=O) groups is 3. The summed E-state index contributed by atoms with van der Waals surface area (Å²) in [5.74, 6) is -1.96. The van der Waals surface area contributed by atoms with Crippen LogP contribution in [0.4, 0.5) is 5.69 Å². The SMILES string of the molecule is CNC(=O)[C@H]1[C@@H]2C(=O)N(CCCCCCO)[C@H](C(=O)Nc3cc(C)ccc3C)[C@H]2C=C[C@H]1C. The first-order valence-corrected chi connectivity index (χ1v) is 12.0. The highest BCUT2D eigenvalue weighted by molar-refractivity contribution is 6.02. The van der Waals surface area contributed by atoms with E-state index in [1.54, 1.807) is 11.9 Å². The van der Waals surface area contributed by atoms with Gasteiger partial charge >= 0.3 is 0 Å². The minimum Gasteiger partial charge on any atom is -0.396 e. The quantitative estimate of drug-likeness (QED) is 0.394. The highest BCUT2D eigenvalue weighted by atomic mass is 16.3. The molecule has 3 rings (SSSR count). The topological polar surface area (TPSA) is 98.7 Å². The minimum atomic E-state index is -0.656. The van der Waals surface area contributed by atoms with Gasteiger partial charge in [-0.3, -0.25) is 14.4 Å². The number of nitrogens with one attached hydrogen (secondary N) is 2. The molecule has 3 amide bonds. The lowest BCUT2D eigenvalue weighted by Gasteiger charge is -2.32. The predicted octanol–water partition coefficient (Wildman–Crippen LogP) is 2.81. The molecule has 3 N–H and O–H groups in total. The van der Waals surface area contributed by atoms with Crippen LogP contribution in [0.3, 0.4) is 0 Å². The van der Waals surface area contributed by atoms with E-state index in [2.05, 4.69) is 10.6 Å². The predicted molar refractivity (Wildman–Crippen MR) is 128 cm³/mol. The number of likely N-dealkylation sites (tertiary alicyclic amines) is 1. The van der Waals surface area contributed by atoms with Crippen LogP contribution in [0.25, 0.3) is 0 Å². The number of carbonyl (C=O) groups excluding carboxylic acids is 3. The first kappa shape index (κ1) is 25.0. The maximum atomic E-state index is 13.6. The third-order valence-electron chi connectivity index (χ3n) is 7.05. The highest BCUT2D eigenvalue weighted by Crippen LogP contribution is 2.44. The van der Waals surface area contributed by atoms with Crippen LogP contribution < -0.4 is 10.6 Å². The van der Waals surface area contributed by atoms with E-state index in [9.17, 15) is 14.4 Å². The molecule has 1 aliphatic heterocycles. The van der Waals surface area contributed by atoms with Crippen LogP contribution in [0.1, 0.15) is 43.7 Å². The van der Waals surface area contributed by atoms with E-state index in [0.29, 0.717) is 6.54 Å². The fourth-order valence-corrected chi connectivity index (χ4v) is 5.22. The number of nitrogens with zero attached hydrogens (tertiary/aromatic N) is 1. The van der Waals surface area contributed by atoms with E-state index >= 15 is 0 Å². The van der Waals surface area contributed by atoms with Crippen LogP contribution in [0.15, 0.2) is 30.4 Å². The molecule has 33 heavy (non-hydrogen) atoms. The Kier molecular flexibility index (Phi) is 8.30. The first-order chi connectivity index (χ1) is 15.8. The first-order valence-electron chi connectivity index (χ1n) is 12.0. The smallest absolute Gasteiger partial charge is 0.247 e. The van der Waals surface area contributed by atoms with Crippen molar-refractivity contribution in [3.63, 3.8) is 0 Å². The third-order valence-corrected chi connectivity index (χ3v) is 7.05. The van der Waals surface area contributed by atoms with Gasteiger partial charge < -0.3 is 20.6 Å². The van der Waals surface area contributed by atoms with Gasteiger partial charge in [0.15, 0.2) is 0 Å². The maximum absolute atomic E-state index is 13.6. The van der Waals surface area contributed by atoms with Gasteiger partial charge in [0.25, 0.3) is 0 Å². The number of rotatable bonds is 9. The van der Waals surface area contributed by atoms with Gasteiger partial charge in [-0.15, -0.1) is 0 Å². The Hall–Kier alpha value is -2.67. The van der Waals surface area contributed by atoms with Gasteiger partial charge in [-0.2, -0.15) is 0 Å². The van der Waals surface area contributed by atoms with Crippen molar-refractivity contribution in [2.24, 2.45) is 23.7 Å². The Balaban J connectivity index is 1.89. The van der Waals surface area contributed by atoms with Gasteiger partial charge in [-0.25, -0.2) is 0 Å². The number of amides is 3. The molecule has 0 bridgehead atoms. The van der Waals surface area contributed by atoms with Crippen molar-refractivity contribution in [2.45, 2.75) is 52.5 Å². The van der Waals surface area contributed by atoms with Gasteiger partial charge in [0.2, 0.25) is 17.7 Å². The summed E-state index contributed by atoms with van der Waals surface area (Å²) in [7, 11) is 1.59. The Morgan fingerprint density at radius 3 is 2.48 bits per heavy atom. The van der Waals surface area contributed by atoms with E-state index in [0.717, 1.165) is 42.5 Å². The summed E-state index contributed by atoms with van der Waals surface area (Å²) >= 11 is 0. The number of benzene rings is 1. The second kappa shape index (κ2) is 11.0. The summed E-state index contributed by atoms with van der Waals surface area (Å²) in [4.78, 5) is 41.6. The van der Waals surface area contributed by atoms with Crippen LogP contribution in [0, 0.1) is 37.5 Å². The molecule has 1 aromatic rings. The second-order valence-electron chi connectivity index (χ2n) is 9.41. The summed E-state index contributed by atoms with van der Waals surface area (Å²) in [5.41, 5.74) is 2.75. The van der Waals surface area contributed by atoms with Crippen molar-refractivity contribution < 1.29 is 19.5 Å². The Labute approximate surface area is 196 Å². The normalized spacial score (nSPS) is 26.3. The molecule has 0 saturated carbocycles. The number of unbranched alkanes of at least 4 members (excludes halogenated alkanes) is 3. The number of aliphatic hydroxyl groups is 1. The number of allylic oxidation sites excluding steroid dienone is 1. The Morgan fingerprint density at radius 2 is 1.79 bits per heavy atom. The zero-order valence-electron chi connectivity index (χ0n) is 20.1. The summed E-state index contributed by atoms with van der Waals surface area (Å²) < 4.78 is 0. The molecule has 7 nitrogen and oxygen atoms in total. The molecule has 180 valence electrons. The van der Waals surface area contributed by atoms with Crippen LogP contribution in [-0.2, 0) is 14.4 Å². The largest absolute Gasteiger partial charge is 0.396 e. The number of aryl methyl sites for hydroxylation is 2. The molecule has 0 spiro atoms. The number of aliphatic hydroxyl groups excluding tert-OH is 1. The molecule has 7 heteroatoms. The fraction of sp³-hybridized carbons (Fsp3) is 0.577. The summed E-state index contributed by atoms with van der Waals surface area (Å²) in [6.07, 6.45) is 7.17. The number of fused-ring (bicyclic) bond motifs is 1. The monoisotopic (exact) mass is 455 g/mol. The highest BCUT2D eigenvalue weighted by Gasteiger charge is 2.56. The molecule has 1 saturated heterocycles. The molecule has 2 aliphatic rings. The number of hydrogen-bond donors (Lipinski definition) is 3. The molecule has 1 fully saturated rings. The lowest BCUT2D eigenvalue weighted by atomic mass is 9.70. The average molecular weight is 456 g/mol. The van der Waals surface area contributed by atoms with Crippen LogP contribution in [-0.4, -0.2) is 54.0 Å². The van der Waals surface area contributed by atoms with E-state index in [1.165, 1.54) is 0 Å². The number of hydrogen-bond acceptors (Lipinski definition) is 4. The molecule has 1 aromatic carbocycles. The Morgan fingerprint density at radius 1 is 1.06 bits per heavy atom. The van der Waals surface area contributed by atoms with Crippen LogP contribution in [0.5, 0.6) is 0 Å². The van der Waals surface area contributed by atoms with Gasteiger partial charge in [-0.1, -0.05) is 44.1 Å². The molecule has 1 aliphatic carbocycles. The Bertz CT molecular complexity index is 913. The van der Waals surface area contributed by atoms with Gasteiger partial charge in [0.1, 0.15) is 6.04 Å². The second-order valence-corrected chi connectivity index (χ2v) is 9.41. The fourth-order valence-electron chi connectivity index (χ4n) is 5.22. The summed E-state index contributed by atoms with van der Waals surface area (Å²) in [5, 5.41) is 14.8. The van der Waals surface area contributed by atoms with Crippen molar-refractivity contribution in [1.29, 1.82) is 0 Å². The van der Waals surface area contributed by atoms with Crippen molar-refractivity contribution in [3.8, 4) is 0 Å². The molecule has 5 atom stereocenters. The van der Waals surface area contributed by atoms with E-state index in [4.69, 9.17) is 5.11 Å². The van der Waals surface area contributed by atoms with E-state index in [-0.39, 0.29) is 36.2 Å². The number of anilines is 1. The van der Waals surface area contributed by atoms with Crippen LogP contribution in [0.2, 0.25) is 0 Å². The molecule has 0 aromatic heterocycles. The molecule has 0 radical (unpaired) electrons. The van der Waals surface area contributed by atoms with Crippen molar-refractivity contribution >= 4 is 23.4 Å². The van der Waals surface area contributed by atoms with Gasteiger partial charge in [-0.05, 0) is 49.8 Å². The van der Waals surface area contributed by atoms with Gasteiger partial charge in [0.05, 0.1) is 11.8 Å². The van der Waals surface area contributed by atoms with E-state index in [1.807, 2.05) is 51.1 Å². The zero-order chi connectivity index (χ0) is 24.1. The van der Waals surface area contributed by atoms with Crippen molar-refractivity contribution in [1.82, 2.24) is 10.2 Å². The zero-order valence-corrected chi connectivity index (χ0v) is 20.1. The third kappa shape index (κ3) is 5.29. The van der Waals surface area contributed by atoms with Crippen molar-refractivity contribution in [3.05, 3.63) is 41.5 Å². The molecular formula is C26H37N3O4. The minimum absolute atomic E-state index is 0.0811. The van der Waals surface area contributed by atoms with E-state index < -0.39 is 17.9 Å². The summed E-state index contributed by atoms with van der Waals surface area (Å²) in [6, 6.07) is 5.25. The molecule has 0 unspecified atom stereocenters. The molecular weight excluding hydrogens is 418 g/mol. The lowest BCUT2D eigenvalue weighted by Crippen LogP contribution is -2.45. The lowest BCUT2D eigenvalue weighted by molar-refractivity contribution is -0.140. The van der Waals surface area contributed by atoms with Crippen LogP contribution >= 0.6 is 0 Å². The molecule has 1 heterocycles. The summed E-state index contributed by atoms with van der Waals surface area (Å²) in [6.45, 7) is 6.49. The standard InChI is InChI=1S/C26H37N3O4/c1-16-9-10-17(2)20(15-16)28-25(32)23-19-12-11-18(3)21(24(31)27-4)22(19)26(33)29(23)13-7-5-6-8-14-30/h9-12,15,18-19,21-23,30H,5-8,13-14H2,1-4H3,(H,27,31)(H,28,32)/t18-,19+,21-,22-,23+/m1/s1. The van der Waals surface area contributed by atoms with Gasteiger partial charge in [0, 0.05) is 31.8 Å². The average Bonchev–Trinajstić information content (AvgIpc) is 3.07. The van der Waals surface area contributed by atoms with Crippen molar-refractivity contribution in [2.75, 3.05) is 25.5 Å².